The molecule has 1 aliphatic carbocycles. The second kappa shape index (κ2) is 9.30. The van der Waals surface area contributed by atoms with E-state index in [1.165, 1.54) is 6.42 Å². The largest absolute Gasteiger partial charge is 0.362 e. The molecule has 1 fully saturated rings. The number of hydrazine groups is 1. The van der Waals surface area contributed by atoms with Crippen LogP contribution in [-0.4, -0.2) is 37.0 Å². The minimum Gasteiger partial charge on any atom is -0.362 e. The van der Waals surface area contributed by atoms with Gasteiger partial charge >= 0.3 is 0 Å². The van der Waals surface area contributed by atoms with Crippen molar-refractivity contribution in [2.24, 2.45) is 0 Å². The van der Waals surface area contributed by atoms with E-state index in [9.17, 15) is 14.4 Å². The van der Waals surface area contributed by atoms with Crippen LogP contribution in [0.25, 0.3) is 0 Å². The number of hydrogen-bond donors (Lipinski definition) is 3. The number of carbonyl (C=O) groups excluding carboxylic acids is 3. The summed E-state index contributed by atoms with van der Waals surface area (Å²) in [6.45, 7) is 1.27. The monoisotopic (exact) mass is 285 g/mol. The molecule has 1 aliphatic rings. The summed E-state index contributed by atoms with van der Waals surface area (Å²) in [7, 11) is 0. The number of rotatable bonds is 6. The van der Waals surface area contributed by atoms with Crippen LogP contribution in [-0.2, 0) is 19.1 Å². The molecule has 0 saturated heterocycles. The van der Waals surface area contributed by atoms with Crippen LogP contribution in [0.15, 0.2) is 0 Å². The smallest absolute Gasteiger partial charge is 0.264 e. The van der Waals surface area contributed by atoms with Gasteiger partial charge in [0.1, 0.15) is 13.2 Å². The zero-order valence-electron chi connectivity index (χ0n) is 11.9. The molecule has 0 bridgehead atoms. The van der Waals surface area contributed by atoms with Crippen molar-refractivity contribution in [1.82, 2.24) is 16.2 Å². The topological polar surface area (TPSA) is 96.5 Å². The van der Waals surface area contributed by atoms with E-state index in [4.69, 9.17) is 4.74 Å². The van der Waals surface area contributed by atoms with Crippen LogP contribution >= 0.6 is 0 Å². The zero-order chi connectivity index (χ0) is 14.8. The van der Waals surface area contributed by atoms with Crippen molar-refractivity contribution in [1.29, 1.82) is 0 Å². The van der Waals surface area contributed by atoms with Crippen molar-refractivity contribution in [3.8, 4) is 0 Å². The van der Waals surface area contributed by atoms with E-state index in [1.807, 2.05) is 0 Å². The molecule has 0 unspecified atom stereocenters. The molecule has 1 saturated carbocycles. The fraction of sp³-hybridized carbons (Fsp3) is 0.769. The Bertz CT molecular complexity index is 341. The van der Waals surface area contributed by atoms with E-state index < -0.39 is 5.91 Å². The number of amides is 3. The van der Waals surface area contributed by atoms with Gasteiger partial charge in [-0.3, -0.25) is 25.2 Å². The summed E-state index contributed by atoms with van der Waals surface area (Å²) in [4.78, 5) is 33.7. The molecule has 3 N–H and O–H groups in total. The highest BCUT2D eigenvalue weighted by Crippen LogP contribution is 2.17. The van der Waals surface area contributed by atoms with Gasteiger partial charge in [-0.15, -0.1) is 0 Å². The van der Waals surface area contributed by atoms with Crippen LogP contribution in [0.2, 0.25) is 0 Å². The molecule has 20 heavy (non-hydrogen) atoms. The van der Waals surface area contributed by atoms with Crippen LogP contribution in [0.4, 0.5) is 0 Å². The van der Waals surface area contributed by atoms with Crippen LogP contribution in [0.3, 0.4) is 0 Å². The van der Waals surface area contributed by atoms with E-state index >= 15 is 0 Å². The van der Waals surface area contributed by atoms with Gasteiger partial charge in [-0.2, -0.15) is 0 Å². The Labute approximate surface area is 118 Å². The lowest BCUT2D eigenvalue weighted by Gasteiger charge is -2.22. The van der Waals surface area contributed by atoms with E-state index in [0.717, 1.165) is 25.7 Å². The highest BCUT2D eigenvalue weighted by Gasteiger charge is 2.15. The maximum absolute atomic E-state index is 11.6. The van der Waals surface area contributed by atoms with Crippen LogP contribution < -0.4 is 16.2 Å². The molecule has 0 radical (unpaired) electrons. The van der Waals surface area contributed by atoms with Gasteiger partial charge in [0.2, 0.25) is 11.8 Å². The Morgan fingerprint density at radius 3 is 2.20 bits per heavy atom. The fourth-order valence-electron chi connectivity index (χ4n) is 2.02. The first kappa shape index (κ1) is 16.4. The first-order chi connectivity index (χ1) is 9.61. The molecular weight excluding hydrogens is 262 g/mol. The summed E-state index contributed by atoms with van der Waals surface area (Å²) in [5.74, 6) is -0.979. The predicted octanol–water partition coefficient (Wildman–Crippen LogP) is 0.00930. The van der Waals surface area contributed by atoms with Crippen LogP contribution in [0, 0.1) is 0 Å². The summed E-state index contributed by atoms with van der Waals surface area (Å²) >= 11 is 0. The lowest BCUT2D eigenvalue weighted by Crippen LogP contribution is -2.44. The number of ether oxygens (including phenoxy) is 1. The SMILES string of the molecule is CCC(=O)NNC(=O)COCC(=O)NC1CCCCC1. The van der Waals surface area contributed by atoms with Gasteiger partial charge in [0, 0.05) is 12.5 Å². The summed E-state index contributed by atoms with van der Waals surface area (Å²) in [6, 6.07) is 0.234. The predicted molar refractivity (Wildman–Crippen MR) is 72.4 cm³/mol. The molecule has 1 rings (SSSR count). The number of carbonyl (C=O) groups is 3. The molecule has 0 spiro atoms. The van der Waals surface area contributed by atoms with E-state index in [1.54, 1.807) is 6.92 Å². The van der Waals surface area contributed by atoms with Gasteiger partial charge in [-0.1, -0.05) is 26.2 Å². The molecule has 0 aromatic heterocycles. The molecule has 0 aromatic carbocycles. The van der Waals surface area contributed by atoms with Crippen LogP contribution in [0.1, 0.15) is 45.4 Å². The zero-order valence-corrected chi connectivity index (χ0v) is 11.9. The average Bonchev–Trinajstić information content (AvgIpc) is 2.45. The van der Waals surface area contributed by atoms with Gasteiger partial charge in [0.25, 0.3) is 5.91 Å². The van der Waals surface area contributed by atoms with Gasteiger partial charge in [0.15, 0.2) is 0 Å². The quantitative estimate of drug-likeness (QED) is 0.599. The minimum atomic E-state index is -0.489. The van der Waals surface area contributed by atoms with Gasteiger partial charge < -0.3 is 10.1 Å². The Kier molecular flexibility index (Phi) is 7.64. The number of hydrogen-bond acceptors (Lipinski definition) is 4. The molecule has 3 amide bonds. The Morgan fingerprint density at radius 1 is 0.950 bits per heavy atom. The Hall–Kier alpha value is -1.63. The van der Waals surface area contributed by atoms with Crippen molar-refractivity contribution >= 4 is 17.7 Å². The molecule has 0 aromatic rings. The molecule has 7 heteroatoms. The maximum Gasteiger partial charge on any atom is 0.264 e. The summed E-state index contributed by atoms with van der Waals surface area (Å²) in [5.41, 5.74) is 4.41. The Morgan fingerprint density at radius 2 is 1.55 bits per heavy atom. The summed E-state index contributed by atoms with van der Waals surface area (Å²) in [5, 5.41) is 2.89. The second-order valence-corrected chi connectivity index (χ2v) is 4.85. The third-order valence-electron chi connectivity index (χ3n) is 3.10. The van der Waals surface area contributed by atoms with Gasteiger partial charge in [-0.05, 0) is 12.8 Å². The average molecular weight is 285 g/mol. The lowest BCUT2D eigenvalue weighted by atomic mass is 9.95. The lowest BCUT2D eigenvalue weighted by molar-refractivity contribution is -0.134. The summed E-state index contributed by atoms with van der Waals surface area (Å²) < 4.78 is 4.99. The van der Waals surface area contributed by atoms with Crippen molar-refractivity contribution in [2.45, 2.75) is 51.5 Å². The third-order valence-corrected chi connectivity index (χ3v) is 3.10. The maximum atomic E-state index is 11.6. The molecule has 114 valence electrons. The van der Waals surface area contributed by atoms with E-state index in [-0.39, 0.29) is 37.5 Å². The first-order valence-corrected chi connectivity index (χ1v) is 7.06. The second-order valence-electron chi connectivity index (χ2n) is 4.85. The highest BCUT2D eigenvalue weighted by atomic mass is 16.5. The van der Waals surface area contributed by atoms with E-state index in [2.05, 4.69) is 16.2 Å². The minimum absolute atomic E-state index is 0.147. The molecule has 0 atom stereocenters. The fourth-order valence-corrected chi connectivity index (χ4v) is 2.02. The van der Waals surface area contributed by atoms with Crippen molar-refractivity contribution in [3.05, 3.63) is 0 Å². The Balaban J connectivity index is 2.05. The molecule has 0 aliphatic heterocycles. The normalized spacial score (nSPS) is 15.4. The van der Waals surface area contributed by atoms with Crippen LogP contribution in [0.5, 0.6) is 0 Å². The molecule has 0 heterocycles. The summed E-state index contributed by atoms with van der Waals surface area (Å²) in [6.07, 6.45) is 5.82. The third kappa shape index (κ3) is 7.08. The van der Waals surface area contributed by atoms with Gasteiger partial charge in [0.05, 0.1) is 0 Å². The highest BCUT2D eigenvalue weighted by molar-refractivity contribution is 5.83. The van der Waals surface area contributed by atoms with Crippen molar-refractivity contribution < 1.29 is 19.1 Å². The molecule has 7 nitrogen and oxygen atoms in total. The van der Waals surface area contributed by atoms with Crippen molar-refractivity contribution in [3.63, 3.8) is 0 Å². The standard InChI is InChI=1S/C13H23N3O4/c1-2-11(17)15-16-13(19)9-20-8-12(18)14-10-6-4-3-5-7-10/h10H,2-9H2,1H3,(H,14,18)(H,15,17)(H,16,19). The van der Waals surface area contributed by atoms with Crippen molar-refractivity contribution in [2.75, 3.05) is 13.2 Å². The first-order valence-electron chi connectivity index (χ1n) is 7.06. The van der Waals surface area contributed by atoms with E-state index in [0.29, 0.717) is 0 Å². The van der Waals surface area contributed by atoms with Gasteiger partial charge in [-0.25, -0.2) is 0 Å². The number of nitrogens with one attached hydrogen (secondary N) is 3. The molecular formula is C13H23N3O4.